The van der Waals surface area contributed by atoms with Gasteiger partial charge in [0.1, 0.15) is 11.5 Å². The monoisotopic (exact) mass is 490 g/mol. The van der Waals surface area contributed by atoms with Gasteiger partial charge in [0, 0.05) is 28.7 Å². The summed E-state index contributed by atoms with van der Waals surface area (Å²) in [5.74, 6) is -1.08. The highest BCUT2D eigenvalue weighted by atomic mass is 35.5. The van der Waals surface area contributed by atoms with Crippen molar-refractivity contribution in [1.82, 2.24) is 4.98 Å². The van der Waals surface area contributed by atoms with E-state index in [2.05, 4.69) is 11.9 Å². The SMILES string of the molecule is CCCCCOc1ccc(/C(O)=C2\C(=O)C(=O)N(c3cccc(Cl)c3C)C2c2cccnc2)cc1. The first-order chi connectivity index (χ1) is 16.9. The van der Waals surface area contributed by atoms with Crippen LogP contribution in [0.3, 0.4) is 0 Å². The summed E-state index contributed by atoms with van der Waals surface area (Å²) in [5.41, 5.74) is 2.18. The molecule has 0 spiro atoms. The van der Waals surface area contributed by atoms with Crippen LogP contribution in [0.2, 0.25) is 5.02 Å². The molecule has 35 heavy (non-hydrogen) atoms. The number of aliphatic hydroxyl groups excluding tert-OH is 1. The van der Waals surface area contributed by atoms with Gasteiger partial charge >= 0.3 is 0 Å². The number of ketones is 1. The maximum atomic E-state index is 13.3. The molecule has 2 aromatic carbocycles. The van der Waals surface area contributed by atoms with Crippen LogP contribution in [0.5, 0.6) is 5.75 Å². The molecule has 1 fully saturated rings. The number of hydrogen-bond acceptors (Lipinski definition) is 5. The zero-order valence-electron chi connectivity index (χ0n) is 19.7. The predicted octanol–water partition coefficient (Wildman–Crippen LogP) is 6.24. The average Bonchev–Trinajstić information content (AvgIpc) is 3.14. The normalized spacial score (nSPS) is 17.1. The summed E-state index contributed by atoms with van der Waals surface area (Å²) in [4.78, 5) is 32.1. The molecule has 1 aliphatic rings. The molecule has 7 heteroatoms. The highest BCUT2D eigenvalue weighted by molar-refractivity contribution is 6.52. The van der Waals surface area contributed by atoms with Crippen molar-refractivity contribution in [3.63, 3.8) is 0 Å². The zero-order chi connectivity index (χ0) is 24.9. The standard InChI is InChI=1S/C28H27ClN2O4/c1-3-4-5-16-35-21-13-11-19(12-14-21)26(32)24-25(20-8-7-15-30-17-20)31(28(34)27(24)33)23-10-6-9-22(29)18(23)2/h6-15,17,25,32H,3-5,16H2,1-2H3/b26-24+. The van der Waals surface area contributed by atoms with Crippen molar-refractivity contribution in [1.29, 1.82) is 0 Å². The molecule has 4 rings (SSSR count). The number of aromatic nitrogens is 1. The number of carbonyl (C=O) groups excluding carboxylic acids is 2. The molecule has 3 aromatic rings. The van der Waals surface area contributed by atoms with Crippen LogP contribution in [0.15, 0.2) is 72.6 Å². The Morgan fingerprint density at radius 1 is 1.09 bits per heavy atom. The topological polar surface area (TPSA) is 79.7 Å². The van der Waals surface area contributed by atoms with Gasteiger partial charge in [0.2, 0.25) is 0 Å². The number of Topliss-reactive ketones (excluding diaryl/α,β-unsaturated/α-hetero) is 1. The number of ether oxygens (including phenoxy) is 1. The van der Waals surface area contributed by atoms with Gasteiger partial charge in [-0.25, -0.2) is 0 Å². The van der Waals surface area contributed by atoms with E-state index in [0.717, 1.165) is 19.3 Å². The second-order valence-electron chi connectivity index (χ2n) is 8.42. The first kappa shape index (κ1) is 24.5. The molecule has 0 saturated carbocycles. The van der Waals surface area contributed by atoms with Crippen molar-refractivity contribution < 1.29 is 19.4 Å². The number of halogens is 1. The highest BCUT2D eigenvalue weighted by Gasteiger charge is 2.47. The third-order valence-corrected chi connectivity index (χ3v) is 6.50. The second kappa shape index (κ2) is 10.7. The van der Waals surface area contributed by atoms with Gasteiger partial charge in [-0.05, 0) is 66.9 Å². The maximum Gasteiger partial charge on any atom is 0.300 e. The Kier molecular flexibility index (Phi) is 7.51. The molecule has 2 heterocycles. The minimum Gasteiger partial charge on any atom is -0.507 e. The van der Waals surface area contributed by atoms with Gasteiger partial charge in [0.15, 0.2) is 0 Å². The first-order valence-corrected chi connectivity index (χ1v) is 12.0. The van der Waals surface area contributed by atoms with E-state index in [4.69, 9.17) is 16.3 Å². The van der Waals surface area contributed by atoms with Crippen LogP contribution >= 0.6 is 11.6 Å². The zero-order valence-corrected chi connectivity index (χ0v) is 20.5. The van der Waals surface area contributed by atoms with Crippen LogP contribution in [0.25, 0.3) is 5.76 Å². The lowest BCUT2D eigenvalue weighted by Crippen LogP contribution is -2.30. The van der Waals surface area contributed by atoms with E-state index in [-0.39, 0.29) is 11.3 Å². The predicted molar refractivity (Wildman–Crippen MR) is 137 cm³/mol. The van der Waals surface area contributed by atoms with E-state index in [1.54, 1.807) is 73.9 Å². The molecule has 1 N–H and O–H groups in total. The first-order valence-electron chi connectivity index (χ1n) is 11.6. The van der Waals surface area contributed by atoms with Crippen LogP contribution in [-0.4, -0.2) is 28.4 Å². The molecule has 1 aliphatic heterocycles. The Balaban J connectivity index is 1.77. The number of pyridine rings is 1. The number of aliphatic hydroxyl groups is 1. The summed E-state index contributed by atoms with van der Waals surface area (Å²) in [6, 6.07) is 14.7. The number of anilines is 1. The molecule has 1 amide bonds. The van der Waals surface area contributed by atoms with Crippen molar-refractivity contribution in [2.75, 3.05) is 11.5 Å². The lowest BCUT2D eigenvalue weighted by molar-refractivity contribution is -0.132. The van der Waals surface area contributed by atoms with Crippen molar-refractivity contribution in [2.24, 2.45) is 0 Å². The molecule has 1 unspecified atom stereocenters. The van der Waals surface area contributed by atoms with Crippen LogP contribution in [-0.2, 0) is 9.59 Å². The van der Waals surface area contributed by atoms with E-state index < -0.39 is 17.7 Å². The van der Waals surface area contributed by atoms with Crippen LogP contribution in [0.1, 0.15) is 48.9 Å². The van der Waals surface area contributed by atoms with Gasteiger partial charge in [-0.1, -0.05) is 43.5 Å². The molecule has 1 atom stereocenters. The van der Waals surface area contributed by atoms with Crippen molar-refractivity contribution in [3.8, 4) is 5.75 Å². The van der Waals surface area contributed by atoms with Gasteiger partial charge in [-0.15, -0.1) is 0 Å². The maximum absolute atomic E-state index is 13.3. The molecule has 1 aromatic heterocycles. The lowest BCUT2D eigenvalue weighted by atomic mass is 9.96. The van der Waals surface area contributed by atoms with Gasteiger partial charge in [0.25, 0.3) is 11.7 Å². The number of unbranched alkanes of at least 4 members (excludes halogenated alkanes) is 2. The van der Waals surface area contributed by atoms with E-state index in [9.17, 15) is 14.7 Å². The highest BCUT2D eigenvalue weighted by Crippen LogP contribution is 2.43. The fourth-order valence-corrected chi connectivity index (χ4v) is 4.37. The molecule has 0 radical (unpaired) electrons. The molecule has 0 aliphatic carbocycles. The van der Waals surface area contributed by atoms with Gasteiger partial charge < -0.3 is 9.84 Å². The molecule has 1 saturated heterocycles. The number of benzene rings is 2. The largest absolute Gasteiger partial charge is 0.507 e. The Morgan fingerprint density at radius 3 is 2.54 bits per heavy atom. The second-order valence-corrected chi connectivity index (χ2v) is 8.83. The van der Waals surface area contributed by atoms with E-state index in [1.807, 2.05) is 0 Å². The molecule has 0 bridgehead atoms. The fraction of sp³-hybridized carbons (Fsp3) is 0.250. The number of hydrogen-bond donors (Lipinski definition) is 1. The third-order valence-electron chi connectivity index (χ3n) is 6.09. The Labute approximate surface area is 209 Å². The molecular formula is C28H27ClN2O4. The summed E-state index contributed by atoms with van der Waals surface area (Å²) >= 11 is 6.32. The van der Waals surface area contributed by atoms with E-state index >= 15 is 0 Å². The van der Waals surface area contributed by atoms with Crippen molar-refractivity contribution in [2.45, 2.75) is 39.2 Å². The van der Waals surface area contributed by atoms with Crippen LogP contribution in [0, 0.1) is 6.92 Å². The summed E-state index contributed by atoms with van der Waals surface area (Å²) < 4.78 is 5.75. The molecule has 6 nitrogen and oxygen atoms in total. The van der Waals surface area contributed by atoms with E-state index in [1.165, 1.54) is 4.90 Å². The van der Waals surface area contributed by atoms with Crippen molar-refractivity contribution in [3.05, 3.63) is 94.3 Å². The molecule has 180 valence electrons. The Hall–Kier alpha value is -3.64. The summed E-state index contributed by atoms with van der Waals surface area (Å²) in [6.45, 7) is 4.54. The van der Waals surface area contributed by atoms with E-state index in [0.29, 0.717) is 39.8 Å². The lowest BCUT2D eigenvalue weighted by Gasteiger charge is -2.26. The Bertz CT molecular complexity index is 1260. The van der Waals surface area contributed by atoms with Gasteiger partial charge in [0.05, 0.1) is 18.2 Å². The number of amides is 1. The fourth-order valence-electron chi connectivity index (χ4n) is 4.20. The number of nitrogens with zero attached hydrogens (tertiary/aromatic N) is 2. The molecular weight excluding hydrogens is 464 g/mol. The average molecular weight is 491 g/mol. The van der Waals surface area contributed by atoms with Crippen molar-refractivity contribution >= 4 is 34.7 Å². The smallest absolute Gasteiger partial charge is 0.300 e. The minimum atomic E-state index is -0.856. The summed E-state index contributed by atoms with van der Waals surface area (Å²) in [6.07, 6.45) is 6.37. The number of carbonyl (C=O) groups is 2. The van der Waals surface area contributed by atoms with Crippen LogP contribution in [0.4, 0.5) is 5.69 Å². The third kappa shape index (κ3) is 4.93. The minimum absolute atomic E-state index is 0.000935. The van der Waals surface area contributed by atoms with Crippen LogP contribution < -0.4 is 9.64 Å². The quantitative estimate of drug-likeness (QED) is 0.175. The summed E-state index contributed by atoms with van der Waals surface area (Å²) in [7, 11) is 0. The number of rotatable bonds is 8. The van der Waals surface area contributed by atoms with Gasteiger partial charge in [-0.2, -0.15) is 0 Å². The Morgan fingerprint density at radius 2 is 1.86 bits per heavy atom. The summed E-state index contributed by atoms with van der Waals surface area (Å²) in [5, 5.41) is 11.7. The van der Waals surface area contributed by atoms with Gasteiger partial charge in [-0.3, -0.25) is 19.5 Å².